The second-order valence-corrected chi connectivity index (χ2v) is 12.7. The largest absolute Gasteiger partial charge is 0.497 e. The standard InChI is InChI=1S/C27H33NO8S/c1-26(2,24(30)35-6)19-13-17(14-20-23(19)36-25(31)27(20,3)4)22(29)21-11-12-28(37(21,32)33)15-16-7-9-18(34-5)10-8-16/h7-10,13-14,21-22,29H,11-12,15H2,1-6H3/t21-,22+/m0/s1. The van der Waals surface area contributed by atoms with Crippen LogP contribution in [-0.2, 0) is 41.7 Å². The Balaban J connectivity index is 1.71. The smallest absolute Gasteiger partial charge is 0.321 e. The highest BCUT2D eigenvalue weighted by molar-refractivity contribution is 7.90. The first kappa shape index (κ1) is 27.1. The molecule has 0 bridgehead atoms. The summed E-state index contributed by atoms with van der Waals surface area (Å²) in [4.78, 5) is 25.3. The van der Waals surface area contributed by atoms with E-state index < -0.39 is 44.1 Å². The van der Waals surface area contributed by atoms with Crippen molar-refractivity contribution in [2.24, 2.45) is 0 Å². The van der Waals surface area contributed by atoms with Crippen molar-refractivity contribution < 1.29 is 37.3 Å². The van der Waals surface area contributed by atoms with E-state index in [1.807, 2.05) is 0 Å². The summed E-state index contributed by atoms with van der Waals surface area (Å²) in [7, 11) is -1.02. The molecule has 0 aliphatic carbocycles. The van der Waals surface area contributed by atoms with Gasteiger partial charge in [0.05, 0.1) is 31.2 Å². The molecule has 0 aromatic heterocycles. The van der Waals surface area contributed by atoms with E-state index in [2.05, 4.69) is 0 Å². The lowest BCUT2D eigenvalue weighted by atomic mass is 9.77. The fourth-order valence-electron chi connectivity index (χ4n) is 4.93. The number of carbonyl (C=O) groups is 2. The molecule has 10 heteroatoms. The van der Waals surface area contributed by atoms with Crippen molar-refractivity contribution in [2.45, 2.75) is 62.8 Å². The Labute approximate surface area is 217 Å². The van der Waals surface area contributed by atoms with Gasteiger partial charge in [0.1, 0.15) is 16.7 Å². The molecule has 1 N–H and O–H groups in total. The molecule has 0 unspecified atom stereocenters. The van der Waals surface area contributed by atoms with Crippen molar-refractivity contribution in [1.82, 2.24) is 4.31 Å². The van der Waals surface area contributed by atoms with Gasteiger partial charge >= 0.3 is 11.9 Å². The Morgan fingerprint density at radius 1 is 1.22 bits per heavy atom. The van der Waals surface area contributed by atoms with Gasteiger partial charge < -0.3 is 19.3 Å². The van der Waals surface area contributed by atoms with Gasteiger partial charge in [0.25, 0.3) is 0 Å². The predicted molar refractivity (Wildman–Crippen MR) is 136 cm³/mol. The van der Waals surface area contributed by atoms with E-state index in [0.717, 1.165) is 5.56 Å². The average molecular weight is 532 g/mol. The van der Waals surface area contributed by atoms with Crippen LogP contribution in [0.5, 0.6) is 11.5 Å². The minimum atomic E-state index is -3.85. The zero-order chi connectivity index (χ0) is 27.3. The van der Waals surface area contributed by atoms with Crippen LogP contribution in [-0.4, -0.2) is 55.8 Å². The van der Waals surface area contributed by atoms with E-state index in [1.165, 1.54) is 11.4 Å². The molecule has 1 fully saturated rings. The molecule has 9 nitrogen and oxygen atoms in total. The highest BCUT2D eigenvalue weighted by atomic mass is 32.2. The van der Waals surface area contributed by atoms with Crippen LogP contribution in [0.4, 0.5) is 0 Å². The number of aliphatic hydroxyl groups is 1. The molecule has 2 atom stereocenters. The maximum absolute atomic E-state index is 13.5. The van der Waals surface area contributed by atoms with Gasteiger partial charge in [-0.2, -0.15) is 4.31 Å². The number of methoxy groups -OCH3 is 2. The van der Waals surface area contributed by atoms with E-state index in [9.17, 15) is 23.1 Å². The van der Waals surface area contributed by atoms with Crippen molar-refractivity contribution in [3.8, 4) is 11.5 Å². The SMILES string of the molecule is COC(=O)C(C)(C)c1cc([C@@H](O)[C@@H]2CCN(Cc3ccc(OC)cc3)S2(=O)=O)cc2c1OC(=O)C2(C)C. The lowest BCUT2D eigenvalue weighted by Crippen LogP contribution is -2.33. The van der Waals surface area contributed by atoms with Crippen molar-refractivity contribution in [2.75, 3.05) is 20.8 Å². The number of hydrogen-bond acceptors (Lipinski definition) is 8. The molecule has 200 valence electrons. The summed E-state index contributed by atoms with van der Waals surface area (Å²) in [6.07, 6.45) is -1.15. The zero-order valence-electron chi connectivity index (χ0n) is 21.9. The first-order valence-electron chi connectivity index (χ1n) is 12.0. The molecule has 37 heavy (non-hydrogen) atoms. The summed E-state index contributed by atoms with van der Waals surface area (Å²) in [5.41, 5.74) is -0.305. The predicted octanol–water partition coefficient (Wildman–Crippen LogP) is 2.98. The van der Waals surface area contributed by atoms with Crippen LogP contribution < -0.4 is 9.47 Å². The lowest BCUT2D eigenvalue weighted by Gasteiger charge is -2.27. The second kappa shape index (κ2) is 9.41. The Morgan fingerprint density at radius 3 is 2.46 bits per heavy atom. The molecule has 2 aliphatic heterocycles. The summed E-state index contributed by atoms with van der Waals surface area (Å²) in [5.74, 6) is -0.123. The first-order chi connectivity index (χ1) is 17.2. The molecule has 4 rings (SSSR count). The van der Waals surface area contributed by atoms with Crippen LogP contribution in [0.15, 0.2) is 36.4 Å². The van der Waals surface area contributed by atoms with E-state index in [-0.39, 0.29) is 25.3 Å². The highest BCUT2D eigenvalue weighted by Gasteiger charge is 2.48. The number of benzene rings is 2. The number of hydrogen-bond donors (Lipinski definition) is 1. The Morgan fingerprint density at radius 2 is 1.86 bits per heavy atom. The summed E-state index contributed by atoms with van der Waals surface area (Å²) >= 11 is 0. The first-order valence-corrected chi connectivity index (χ1v) is 13.5. The van der Waals surface area contributed by atoms with E-state index in [4.69, 9.17) is 14.2 Å². The van der Waals surface area contributed by atoms with Crippen LogP contribution in [0.2, 0.25) is 0 Å². The Hall–Kier alpha value is -2.95. The quantitative estimate of drug-likeness (QED) is 0.428. The third-order valence-electron chi connectivity index (χ3n) is 7.48. The zero-order valence-corrected chi connectivity index (χ0v) is 22.7. The maximum atomic E-state index is 13.5. The number of nitrogens with zero attached hydrogens (tertiary/aromatic N) is 1. The van der Waals surface area contributed by atoms with Crippen LogP contribution in [0.3, 0.4) is 0 Å². The molecule has 0 amide bonds. The Kier molecular flexibility index (Phi) is 6.89. The van der Waals surface area contributed by atoms with Crippen LogP contribution >= 0.6 is 0 Å². The van der Waals surface area contributed by atoms with Crippen LogP contribution in [0, 0.1) is 0 Å². The third-order valence-corrected chi connectivity index (χ3v) is 9.77. The van der Waals surface area contributed by atoms with Gasteiger partial charge in [0.15, 0.2) is 0 Å². The summed E-state index contributed by atoms with van der Waals surface area (Å²) in [6.45, 7) is 7.08. The lowest BCUT2D eigenvalue weighted by molar-refractivity contribution is -0.146. The van der Waals surface area contributed by atoms with Gasteiger partial charge in [-0.3, -0.25) is 9.59 Å². The summed E-state index contributed by atoms with van der Waals surface area (Å²) in [6, 6.07) is 10.3. The molecule has 2 aromatic carbocycles. The summed E-state index contributed by atoms with van der Waals surface area (Å²) < 4.78 is 44.0. The van der Waals surface area contributed by atoms with E-state index >= 15 is 0 Å². The third kappa shape index (κ3) is 4.51. The fraction of sp³-hybridized carbons (Fsp3) is 0.481. The number of carbonyl (C=O) groups excluding carboxylic acids is 2. The molecule has 2 aromatic rings. The van der Waals surface area contributed by atoms with Crippen LogP contribution in [0.1, 0.15) is 62.5 Å². The monoisotopic (exact) mass is 531 g/mol. The van der Waals surface area contributed by atoms with E-state index in [0.29, 0.717) is 22.4 Å². The molecule has 0 spiro atoms. The number of esters is 2. The van der Waals surface area contributed by atoms with Gasteiger partial charge in [-0.25, -0.2) is 8.42 Å². The minimum absolute atomic E-state index is 0.176. The van der Waals surface area contributed by atoms with Crippen molar-refractivity contribution >= 4 is 22.0 Å². The number of aliphatic hydroxyl groups excluding tert-OH is 1. The second-order valence-electron chi connectivity index (χ2n) is 10.6. The van der Waals surface area contributed by atoms with Gasteiger partial charge in [0.2, 0.25) is 10.0 Å². The van der Waals surface area contributed by atoms with E-state index in [1.54, 1.807) is 71.2 Å². The van der Waals surface area contributed by atoms with Gasteiger partial charge in [-0.05, 0) is 69.5 Å². The number of sulfonamides is 1. The number of ether oxygens (including phenoxy) is 3. The summed E-state index contributed by atoms with van der Waals surface area (Å²) in [5, 5.41) is 10.3. The van der Waals surface area contributed by atoms with Crippen molar-refractivity contribution in [3.63, 3.8) is 0 Å². The highest BCUT2D eigenvalue weighted by Crippen LogP contribution is 2.48. The van der Waals surface area contributed by atoms with Crippen molar-refractivity contribution in [1.29, 1.82) is 0 Å². The Bertz CT molecular complexity index is 1330. The molecular formula is C27H33NO8S. The number of fused-ring (bicyclic) bond motifs is 1. The molecule has 2 aliphatic rings. The van der Waals surface area contributed by atoms with Gasteiger partial charge in [-0.1, -0.05) is 12.1 Å². The number of rotatable bonds is 7. The molecule has 0 radical (unpaired) electrons. The van der Waals surface area contributed by atoms with Gasteiger partial charge in [0, 0.05) is 24.2 Å². The maximum Gasteiger partial charge on any atom is 0.321 e. The normalized spacial score (nSPS) is 21.3. The molecule has 2 heterocycles. The molecular weight excluding hydrogens is 498 g/mol. The molecule has 1 saturated heterocycles. The molecule has 0 saturated carbocycles. The topological polar surface area (TPSA) is 119 Å². The minimum Gasteiger partial charge on any atom is -0.497 e. The van der Waals surface area contributed by atoms with Crippen molar-refractivity contribution in [3.05, 3.63) is 58.7 Å². The van der Waals surface area contributed by atoms with Gasteiger partial charge in [-0.15, -0.1) is 0 Å². The fourth-order valence-corrected chi connectivity index (χ4v) is 6.89. The van der Waals surface area contributed by atoms with Crippen LogP contribution in [0.25, 0.3) is 0 Å². The average Bonchev–Trinajstić information content (AvgIpc) is 3.28.